The Hall–Kier alpha value is -3.93. The number of hydrogen-bond donors (Lipinski definition) is 1. The fourth-order valence-electron chi connectivity index (χ4n) is 4.18. The minimum atomic E-state index is -0.712. The van der Waals surface area contributed by atoms with Crippen molar-refractivity contribution in [3.8, 4) is 5.75 Å². The monoisotopic (exact) mass is 456 g/mol. The Morgan fingerprint density at radius 1 is 1.09 bits per heavy atom. The van der Waals surface area contributed by atoms with Crippen molar-refractivity contribution in [1.82, 2.24) is 9.88 Å². The fourth-order valence-corrected chi connectivity index (χ4v) is 4.18. The van der Waals surface area contributed by atoms with E-state index in [0.717, 1.165) is 28.7 Å². The second-order valence-electron chi connectivity index (χ2n) is 8.52. The van der Waals surface area contributed by atoms with Gasteiger partial charge in [0.1, 0.15) is 11.5 Å². The number of benzene rings is 2. The Morgan fingerprint density at radius 3 is 2.50 bits per heavy atom. The van der Waals surface area contributed by atoms with Crippen LogP contribution < -0.4 is 4.74 Å². The van der Waals surface area contributed by atoms with Gasteiger partial charge in [-0.1, -0.05) is 42.8 Å². The summed E-state index contributed by atoms with van der Waals surface area (Å²) in [6, 6.07) is 15.9. The van der Waals surface area contributed by atoms with Gasteiger partial charge in [0.2, 0.25) is 0 Å². The number of ketones is 1. The number of amides is 1. The van der Waals surface area contributed by atoms with Gasteiger partial charge in [0.05, 0.1) is 18.2 Å². The molecule has 1 saturated heterocycles. The molecule has 2 heterocycles. The fraction of sp³-hybridized carbons (Fsp3) is 0.250. The van der Waals surface area contributed by atoms with E-state index < -0.39 is 17.7 Å². The molecule has 1 aliphatic heterocycles. The lowest BCUT2D eigenvalue weighted by Crippen LogP contribution is -2.29. The predicted octanol–water partition coefficient (Wildman–Crippen LogP) is 5.11. The smallest absolute Gasteiger partial charge is 0.295 e. The molecular weight excluding hydrogens is 428 g/mol. The Balaban J connectivity index is 1.82. The Kier molecular flexibility index (Phi) is 6.77. The summed E-state index contributed by atoms with van der Waals surface area (Å²) in [6.07, 6.45) is 4.22. The summed E-state index contributed by atoms with van der Waals surface area (Å²) < 4.78 is 5.69. The third-order valence-electron chi connectivity index (χ3n) is 5.93. The topological polar surface area (TPSA) is 79.7 Å². The molecule has 1 aliphatic rings. The number of pyridine rings is 1. The summed E-state index contributed by atoms with van der Waals surface area (Å²) in [5.74, 6) is -0.825. The number of nitrogens with zero attached hydrogens (tertiary/aromatic N) is 2. The van der Waals surface area contributed by atoms with Crippen LogP contribution in [-0.2, 0) is 16.1 Å². The van der Waals surface area contributed by atoms with E-state index in [2.05, 4.69) is 4.98 Å². The van der Waals surface area contributed by atoms with Gasteiger partial charge in [-0.3, -0.25) is 14.6 Å². The maximum atomic E-state index is 13.2. The number of hydrogen-bond acceptors (Lipinski definition) is 5. The van der Waals surface area contributed by atoms with Crippen LogP contribution in [0.25, 0.3) is 5.76 Å². The number of aryl methyl sites for hydroxylation is 2. The van der Waals surface area contributed by atoms with Crippen molar-refractivity contribution >= 4 is 17.4 Å². The lowest BCUT2D eigenvalue weighted by atomic mass is 9.93. The van der Waals surface area contributed by atoms with E-state index in [1.165, 1.54) is 4.90 Å². The van der Waals surface area contributed by atoms with E-state index in [1.54, 1.807) is 30.6 Å². The first-order chi connectivity index (χ1) is 16.4. The highest BCUT2D eigenvalue weighted by molar-refractivity contribution is 6.46. The lowest BCUT2D eigenvalue weighted by Gasteiger charge is -2.25. The van der Waals surface area contributed by atoms with Crippen LogP contribution in [0.3, 0.4) is 0 Å². The highest BCUT2D eigenvalue weighted by Gasteiger charge is 2.46. The van der Waals surface area contributed by atoms with E-state index in [4.69, 9.17) is 4.74 Å². The van der Waals surface area contributed by atoms with E-state index in [1.807, 2.05) is 57.2 Å². The van der Waals surface area contributed by atoms with Gasteiger partial charge in [0, 0.05) is 24.5 Å². The number of likely N-dealkylation sites (tertiary alicyclic amines) is 1. The standard InChI is InChI=1S/C28H28N2O4/c1-4-14-34-22-11-12-23(19(3)15-22)26(31)24-25(21-9-7-18(2)8-10-21)30(28(33)27(24)32)17-20-6-5-13-29-16-20/h5-13,15-16,25,31H,4,14,17H2,1-3H3/t25-/m0/s1. The minimum Gasteiger partial charge on any atom is -0.507 e. The molecule has 3 aromatic rings. The van der Waals surface area contributed by atoms with Crippen molar-refractivity contribution in [1.29, 1.82) is 0 Å². The molecular formula is C28H28N2O4. The zero-order chi connectivity index (χ0) is 24.2. The van der Waals surface area contributed by atoms with Crippen LogP contribution in [0.2, 0.25) is 0 Å². The van der Waals surface area contributed by atoms with Crippen LogP contribution in [0.5, 0.6) is 5.75 Å². The van der Waals surface area contributed by atoms with Crippen molar-refractivity contribution in [2.24, 2.45) is 0 Å². The molecule has 0 unspecified atom stereocenters. The van der Waals surface area contributed by atoms with Crippen LogP contribution >= 0.6 is 0 Å². The Bertz CT molecular complexity index is 1230. The van der Waals surface area contributed by atoms with Crippen LogP contribution in [0.4, 0.5) is 0 Å². The molecule has 1 N–H and O–H groups in total. The first-order valence-corrected chi connectivity index (χ1v) is 11.4. The number of aliphatic hydroxyl groups is 1. The van der Waals surface area contributed by atoms with Crippen molar-refractivity contribution < 1.29 is 19.4 Å². The van der Waals surface area contributed by atoms with Crippen LogP contribution in [-0.4, -0.2) is 33.3 Å². The third-order valence-corrected chi connectivity index (χ3v) is 5.93. The molecule has 1 amide bonds. The first kappa shape index (κ1) is 23.2. The molecule has 0 bridgehead atoms. The number of aromatic nitrogens is 1. The maximum absolute atomic E-state index is 13.2. The summed E-state index contributed by atoms with van der Waals surface area (Å²) in [7, 11) is 0. The van der Waals surface area contributed by atoms with Gasteiger partial charge in [0.25, 0.3) is 11.7 Å². The van der Waals surface area contributed by atoms with Gasteiger partial charge in [-0.05, 0) is 61.2 Å². The van der Waals surface area contributed by atoms with E-state index in [-0.39, 0.29) is 17.9 Å². The number of rotatable bonds is 7. The molecule has 4 rings (SSSR count). The first-order valence-electron chi connectivity index (χ1n) is 11.4. The van der Waals surface area contributed by atoms with Crippen molar-refractivity contribution in [2.45, 2.75) is 39.8 Å². The van der Waals surface area contributed by atoms with Gasteiger partial charge in [0.15, 0.2) is 0 Å². The summed E-state index contributed by atoms with van der Waals surface area (Å²) in [5, 5.41) is 11.4. The zero-order valence-electron chi connectivity index (χ0n) is 19.6. The molecule has 1 fully saturated rings. The number of aliphatic hydroxyl groups excluding tert-OH is 1. The second-order valence-corrected chi connectivity index (χ2v) is 8.52. The van der Waals surface area contributed by atoms with Gasteiger partial charge >= 0.3 is 0 Å². The summed E-state index contributed by atoms with van der Waals surface area (Å²) >= 11 is 0. The predicted molar refractivity (Wildman–Crippen MR) is 130 cm³/mol. The molecule has 6 heteroatoms. The van der Waals surface area contributed by atoms with E-state index in [9.17, 15) is 14.7 Å². The lowest BCUT2D eigenvalue weighted by molar-refractivity contribution is -0.140. The molecule has 0 radical (unpaired) electrons. The Morgan fingerprint density at radius 2 is 1.85 bits per heavy atom. The molecule has 6 nitrogen and oxygen atoms in total. The number of Topliss-reactive ketones (excluding diaryl/α,β-unsaturated/α-hetero) is 1. The summed E-state index contributed by atoms with van der Waals surface area (Å²) in [5.41, 5.74) is 3.97. The highest BCUT2D eigenvalue weighted by atomic mass is 16.5. The number of ether oxygens (including phenoxy) is 1. The zero-order valence-corrected chi connectivity index (χ0v) is 19.6. The van der Waals surface area contributed by atoms with Crippen molar-refractivity contribution in [3.63, 3.8) is 0 Å². The molecule has 2 aromatic carbocycles. The van der Waals surface area contributed by atoms with Crippen molar-refractivity contribution in [2.75, 3.05) is 6.61 Å². The second kappa shape index (κ2) is 9.91. The van der Waals surface area contributed by atoms with E-state index >= 15 is 0 Å². The molecule has 174 valence electrons. The highest BCUT2D eigenvalue weighted by Crippen LogP contribution is 2.41. The average Bonchev–Trinajstić information content (AvgIpc) is 3.08. The summed E-state index contributed by atoms with van der Waals surface area (Å²) in [6.45, 7) is 6.65. The SMILES string of the molecule is CCCOc1ccc(C(O)=C2C(=O)C(=O)N(Cc3cccnc3)[C@H]2c2ccc(C)cc2)c(C)c1. The molecule has 1 atom stereocenters. The molecule has 0 aliphatic carbocycles. The quantitative estimate of drug-likeness (QED) is 0.304. The Labute approximate surface area is 199 Å². The maximum Gasteiger partial charge on any atom is 0.295 e. The largest absolute Gasteiger partial charge is 0.507 e. The molecule has 1 aromatic heterocycles. The van der Waals surface area contributed by atoms with Gasteiger partial charge in [-0.15, -0.1) is 0 Å². The van der Waals surface area contributed by atoms with Crippen LogP contribution in [0.15, 0.2) is 72.6 Å². The van der Waals surface area contributed by atoms with Gasteiger partial charge in [-0.25, -0.2) is 0 Å². The molecule has 34 heavy (non-hydrogen) atoms. The minimum absolute atomic E-state index is 0.0862. The average molecular weight is 457 g/mol. The molecule has 0 spiro atoms. The van der Waals surface area contributed by atoms with Crippen molar-refractivity contribution in [3.05, 3.63) is 100 Å². The molecule has 0 saturated carbocycles. The van der Waals surface area contributed by atoms with Gasteiger partial charge in [-0.2, -0.15) is 0 Å². The normalized spacial score (nSPS) is 17.3. The summed E-state index contributed by atoms with van der Waals surface area (Å²) in [4.78, 5) is 32.0. The van der Waals surface area contributed by atoms with Crippen LogP contribution in [0.1, 0.15) is 47.2 Å². The van der Waals surface area contributed by atoms with Gasteiger partial charge < -0.3 is 14.7 Å². The van der Waals surface area contributed by atoms with E-state index in [0.29, 0.717) is 17.9 Å². The number of carbonyl (C=O) groups is 2. The number of carbonyl (C=O) groups excluding carboxylic acids is 2. The van der Waals surface area contributed by atoms with Crippen LogP contribution in [0, 0.1) is 13.8 Å². The third kappa shape index (κ3) is 4.57.